The lowest BCUT2D eigenvalue weighted by atomic mass is 9.97. The number of rotatable bonds is 8. The molecule has 1 aromatic heterocycles. The van der Waals surface area contributed by atoms with E-state index >= 15 is 0 Å². The number of likely N-dealkylation sites (tertiary alicyclic amines) is 1. The van der Waals surface area contributed by atoms with Gasteiger partial charge in [-0.3, -0.25) is 14.4 Å². The third-order valence-electron chi connectivity index (χ3n) is 8.50. The lowest BCUT2D eigenvalue weighted by Gasteiger charge is -2.33. The number of benzene rings is 3. The highest BCUT2D eigenvalue weighted by molar-refractivity contribution is 6.30. The molecule has 8 heteroatoms. The fraction of sp³-hybridized carbons (Fsp3) is 0.306. The van der Waals surface area contributed by atoms with Gasteiger partial charge in [-0.15, -0.1) is 0 Å². The van der Waals surface area contributed by atoms with Gasteiger partial charge in [0, 0.05) is 49.4 Å². The van der Waals surface area contributed by atoms with Crippen LogP contribution in [0.4, 0.5) is 5.69 Å². The maximum atomic E-state index is 13.4. The molecule has 0 saturated carbocycles. The second-order valence-corrected chi connectivity index (χ2v) is 12.2. The van der Waals surface area contributed by atoms with Gasteiger partial charge in [0.05, 0.1) is 11.4 Å². The van der Waals surface area contributed by atoms with Crippen LogP contribution in [0.1, 0.15) is 52.9 Å². The molecule has 7 nitrogen and oxygen atoms in total. The number of nitrogens with one attached hydrogen (secondary N) is 1. The van der Waals surface area contributed by atoms with Gasteiger partial charge in [-0.05, 0) is 74.1 Å². The van der Waals surface area contributed by atoms with Gasteiger partial charge in [-0.1, -0.05) is 65.2 Å². The van der Waals surface area contributed by atoms with Crippen LogP contribution in [0.5, 0.6) is 0 Å². The van der Waals surface area contributed by atoms with Crippen LogP contribution < -0.4 is 15.6 Å². The quantitative estimate of drug-likeness (QED) is 0.232. The normalized spacial score (nSPS) is 16.0. The number of nitrogens with zero attached hydrogens (tertiary/aromatic N) is 2. The summed E-state index contributed by atoms with van der Waals surface area (Å²) in [5, 5.41) is 4.23. The molecule has 0 spiro atoms. The van der Waals surface area contributed by atoms with Gasteiger partial charge in [0.1, 0.15) is 5.58 Å². The summed E-state index contributed by atoms with van der Waals surface area (Å²) in [6, 6.07) is 22.3. The molecule has 0 aliphatic carbocycles. The monoisotopic (exact) mass is 609 g/mol. The smallest absolute Gasteiger partial charge is 0.287 e. The molecular formula is C36H36ClN3O4. The fourth-order valence-electron chi connectivity index (χ4n) is 6.16. The molecule has 2 fully saturated rings. The number of hydrogen-bond donors (Lipinski definition) is 1. The summed E-state index contributed by atoms with van der Waals surface area (Å²) in [5.74, 6) is -0.201. The van der Waals surface area contributed by atoms with Gasteiger partial charge in [0.15, 0.2) is 11.2 Å². The molecular weight excluding hydrogens is 574 g/mol. The largest absolute Gasteiger partial charge is 0.451 e. The standard InChI is InChI=1S/C36H36ClN3O4/c1-24-8-13-33-30(19-24)32(41)22-34(44-33)36(43)38-29(20-25-9-11-28(37)12-10-25)21-26-14-17-39(18-15-26)31-6-3-2-5-27(31)23-40-16-4-7-35(40)42/h2-3,5-6,8-13,19,21-22,29H,4,7,14-18,20,23H2,1H3,(H,38,43)/t29-/m0/s1. The summed E-state index contributed by atoms with van der Waals surface area (Å²) < 4.78 is 5.86. The molecule has 3 aromatic carbocycles. The molecule has 0 bridgehead atoms. The Morgan fingerprint density at radius 1 is 0.977 bits per heavy atom. The zero-order valence-electron chi connectivity index (χ0n) is 24.9. The van der Waals surface area contributed by atoms with E-state index in [4.69, 9.17) is 16.0 Å². The van der Waals surface area contributed by atoms with Crippen molar-refractivity contribution in [1.29, 1.82) is 0 Å². The number of aryl methyl sites for hydroxylation is 1. The molecule has 226 valence electrons. The average molecular weight is 610 g/mol. The number of hydrogen-bond acceptors (Lipinski definition) is 5. The first-order chi connectivity index (χ1) is 21.3. The third-order valence-corrected chi connectivity index (χ3v) is 8.75. The lowest BCUT2D eigenvalue weighted by molar-refractivity contribution is -0.128. The van der Waals surface area contributed by atoms with Crippen LogP contribution in [0.15, 0.2) is 93.7 Å². The summed E-state index contributed by atoms with van der Waals surface area (Å²) in [5.41, 5.74) is 5.76. The SMILES string of the molecule is Cc1ccc2oc(C(=O)N[C@H](C=C3CCN(c4ccccc4CN4CCCC4=O)CC3)Cc3ccc(Cl)cc3)cc(=O)c2c1. The van der Waals surface area contributed by atoms with E-state index in [1.165, 1.54) is 22.9 Å². The average Bonchev–Trinajstić information content (AvgIpc) is 3.43. The Kier molecular flexibility index (Phi) is 8.84. The van der Waals surface area contributed by atoms with Crippen LogP contribution in [0.3, 0.4) is 0 Å². The summed E-state index contributed by atoms with van der Waals surface area (Å²) in [6.07, 6.45) is 6.00. The molecule has 2 aliphatic rings. The molecule has 2 amide bonds. The number of piperidine rings is 1. The first kappa shape index (κ1) is 29.7. The lowest BCUT2D eigenvalue weighted by Crippen LogP contribution is -2.37. The Morgan fingerprint density at radius 2 is 1.75 bits per heavy atom. The van der Waals surface area contributed by atoms with Crippen LogP contribution >= 0.6 is 11.6 Å². The van der Waals surface area contributed by atoms with Crippen LogP contribution in [-0.2, 0) is 17.8 Å². The van der Waals surface area contributed by atoms with Gasteiger partial charge in [0.25, 0.3) is 5.91 Å². The second kappa shape index (κ2) is 13.1. The van der Waals surface area contributed by atoms with Gasteiger partial charge < -0.3 is 19.5 Å². The minimum Gasteiger partial charge on any atom is -0.451 e. The minimum atomic E-state index is -0.428. The number of halogens is 1. The van der Waals surface area contributed by atoms with Crippen molar-refractivity contribution in [3.63, 3.8) is 0 Å². The van der Waals surface area contributed by atoms with E-state index in [-0.39, 0.29) is 23.1 Å². The molecule has 0 unspecified atom stereocenters. The number of carbonyl (C=O) groups excluding carboxylic acids is 2. The van der Waals surface area contributed by atoms with E-state index in [0.29, 0.717) is 35.4 Å². The van der Waals surface area contributed by atoms with E-state index in [1.54, 1.807) is 12.1 Å². The van der Waals surface area contributed by atoms with Crippen LogP contribution in [0.25, 0.3) is 11.0 Å². The molecule has 1 N–H and O–H groups in total. The van der Waals surface area contributed by atoms with Crippen molar-refractivity contribution in [1.82, 2.24) is 10.2 Å². The van der Waals surface area contributed by atoms with Gasteiger partial charge in [-0.2, -0.15) is 0 Å². The van der Waals surface area contributed by atoms with E-state index in [0.717, 1.165) is 50.0 Å². The molecule has 2 saturated heterocycles. The number of fused-ring (bicyclic) bond motifs is 1. The zero-order valence-corrected chi connectivity index (χ0v) is 25.6. The van der Waals surface area contributed by atoms with Crippen LogP contribution in [0, 0.1) is 6.92 Å². The Labute approximate surface area is 262 Å². The first-order valence-electron chi connectivity index (χ1n) is 15.2. The van der Waals surface area contributed by atoms with Crippen molar-refractivity contribution in [3.8, 4) is 0 Å². The van der Waals surface area contributed by atoms with Crippen molar-refractivity contribution < 1.29 is 14.0 Å². The summed E-state index contributed by atoms with van der Waals surface area (Å²) in [4.78, 5) is 42.8. The van der Waals surface area contributed by atoms with Gasteiger partial charge in [0.2, 0.25) is 5.91 Å². The van der Waals surface area contributed by atoms with E-state index in [2.05, 4.69) is 34.5 Å². The Balaban J connectivity index is 1.19. The number of para-hydroxylation sites is 1. The molecule has 6 rings (SSSR count). The van der Waals surface area contributed by atoms with E-state index in [1.807, 2.05) is 48.2 Å². The minimum absolute atomic E-state index is 0.00577. The first-order valence-corrected chi connectivity index (χ1v) is 15.6. The van der Waals surface area contributed by atoms with Gasteiger partial charge in [-0.25, -0.2) is 0 Å². The van der Waals surface area contributed by atoms with Crippen molar-refractivity contribution in [3.05, 3.63) is 122 Å². The number of carbonyl (C=O) groups is 2. The Morgan fingerprint density at radius 3 is 2.50 bits per heavy atom. The summed E-state index contributed by atoms with van der Waals surface area (Å²) in [6.45, 7) is 5.07. The Bertz CT molecular complexity index is 1770. The fourth-order valence-corrected chi connectivity index (χ4v) is 6.29. The van der Waals surface area contributed by atoms with E-state index < -0.39 is 5.91 Å². The summed E-state index contributed by atoms with van der Waals surface area (Å²) >= 11 is 6.12. The van der Waals surface area contributed by atoms with Crippen LogP contribution in [-0.4, -0.2) is 42.4 Å². The highest BCUT2D eigenvalue weighted by Gasteiger charge is 2.24. The molecule has 4 aromatic rings. The van der Waals surface area contributed by atoms with Crippen LogP contribution in [0.2, 0.25) is 5.02 Å². The number of anilines is 1. The molecule has 3 heterocycles. The van der Waals surface area contributed by atoms with Crippen molar-refractivity contribution in [2.75, 3.05) is 24.5 Å². The Hall–Kier alpha value is -4.36. The van der Waals surface area contributed by atoms with E-state index in [9.17, 15) is 14.4 Å². The highest BCUT2D eigenvalue weighted by atomic mass is 35.5. The van der Waals surface area contributed by atoms with Crippen molar-refractivity contribution in [2.45, 2.75) is 51.6 Å². The maximum absolute atomic E-state index is 13.4. The summed E-state index contributed by atoms with van der Waals surface area (Å²) in [7, 11) is 0. The molecule has 2 aliphatic heterocycles. The molecule has 0 radical (unpaired) electrons. The van der Waals surface area contributed by atoms with Gasteiger partial charge >= 0.3 is 0 Å². The highest BCUT2D eigenvalue weighted by Crippen LogP contribution is 2.29. The van der Waals surface area contributed by atoms with Crippen molar-refractivity contribution in [2.24, 2.45) is 0 Å². The predicted molar refractivity (Wildman–Crippen MR) is 174 cm³/mol. The van der Waals surface area contributed by atoms with Crippen molar-refractivity contribution >= 4 is 40.1 Å². The molecule has 44 heavy (non-hydrogen) atoms. The zero-order chi connectivity index (χ0) is 30.6. The number of amides is 2. The predicted octanol–water partition coefficient (Wildman–Crippen LogP) is 6.45. The maximum Gasteiger partial charge on any atom is 0.287 e. The molecule has 1 atom stereocenters. The third kappa shape index (κ3) is 6.89. The second-order valence-electron chi connectivity index (χ2n) is 11.7. The topological polar surface area (TPSA) is 82.9 Å².